The van der Waals surface area contributed by atoms with Crippen LogP contribution in [0.2, 0.25) is 10.3 Å². The second-order valence-corrected chi connectivity index (χ2v) is 8.33. The number of benzene rings is 1. The molecule has 0 bridgehead atoms. The maximum atomic E-state index is 12.7. The van der Waals surface area contributed by atoms with Gasteiger partial charge in [-0.2, -0.15) is 0 Å². The van der Waals surface area contributed by atoms with E-state index in [1.165, 1.54) is 0 Å². The van der Waals surface area contributed by atoms with Gasteiger partial charge in [0, 0.05) is 11.4 Å². The third-order valence-electron chi connectivity index (χ3n) is 3.92. The van der Waals surface area contributed by atoms with Gasteiger partial charge in [-0.3, -0.25) is 0 Å². The molecule has 7 heteroatoms. The van der Waals surface area contributed by atoms with E-state index in [9.17, 15) is 8.42 Å². The van der Waals surface area contributed by atoms with Crippen LogP contribution in [0, 0.1) is 0 Å². The van der Waals surface area contributed by atoms with Gasteiger partial charge >= 0.3 is 0 Å². The molecule has 2 N–H and O–H groups in total. The van der Waals surface area contributed by atoms with E-state index in [1.54, 1.807) is 24.3 Å². The van der Waals surface area contributed by atoms with Crippen LogP contribution >= 0.6 is 23.2 Å². The summed E-state index contributed by atoms with van der Waals surface area (Å²) in [4.78, 5) is 4.21. The fourth-order valence-electron chi connectivity index (χ4n) is 2.78. The maximum Gasteiger partial charge on any atom is 0.181 e. The van der Waals surface area contributed by atoms with Crippen molar-refractivity contribution in [3.05, 3.63) is 34.6 Å². The summed E-state index contributed by atoms with van der Waals surface area (Å²) in [6.45, 7) is 0. The Kier molecular flexibility index (Phi) is 3.86. The third-order valence-corrected chi connectivity index (χ3v) is 6.62. The number of rotatable bonds is 2. The summed E-state index contributed by atoms with van der Waals surface area (Å²) in [5.74, 6) is 0. The Hall–Kier alpha value is -0.880. The number of sulfone groups is 1. The molecule has 1 saturated carbocycles. The number of fused-ring (bicyclic) bond motifs is 1. The SMILES string of the molecule is NC1CCC(S(=O)(=O)c2ccc3cc(Cl)nc(Cl)c3c2)C1. The molecule has 0 spiro atoms. The van der Waals surface area contributed by atoms with Gasteiger partial charge in [0.15, 0.2) is 9.84 Å². The van der Waals surface area contributed by atoms with Crippen LogP contribution in [0.3, 0.4) is 0 Å². The highest BCUT2D eigenvalue weighted by Crippen LogP contribution is 2.32. The maximum absolute atomic E-state index is 12.7. The second-order valence-electron chi connectivity index (χ2n) is 5.36. The lowest BCUT2D eigenvalue weighted by Crippen LogP contribution is -2.22. The molecular weight excluding hydrogens is 331 g/mol. The number of pyridine rings is 1. The minimum absolute atomic E-state index is 0.0331. The quantitative estimate of drug-likeness (QED) is 0.849. The van der Waals surface area contributed by atoms with Gasteiger partial charge in [-0.05, 0) is 42.8 Å². The van der Waals surface area contributed by atoms with Gasteiger partial charge in [0.2, 0.25) is 0 Å². The Bertz CT molecular complexity index is 808. The van der Waals surface area contributed by atoms with Crippen LogP contribution in [0.15, 0.2) is 29.2 Å². The molecule has 1 aliphatic carbocycles. The van der Waals surface area contributed by atoms with Crippen molar-refractivity contribution in [2.75, 3.05) is 0 Å². The summed E-state index contributed by atoms with van der Waals surface area (Å²) in [5.41, 5.74) is 5.82. The van der Waals surface area contributed by atoms with E-state index in [1.807, 2.05) is 0 Å². The molecule has 2 aromatic rings. The lowest BCUT2D eigenvalue weighted by Gasteiger charge is -2.12. The molecular formula is C14H14Cl2N2O2S. The van der Waals surface area contributed by atoms with E-state index in [0.29, 0.717) is 18.2 Å². The van der Waals surface area contributed by atoms with Crippen LogP contribution < -0.4 is 5.73 Å². The van der Waals surface area contributed by atoms with Crippen LogP contribution in [-0.2, 0) is 9.84 Å². The predicted molar refractivity (Wildman–Crippen MR) is 84.6 cm³/mol. The van der Waals surface area contributed by atoms with Gasteiger partial charge in [0.25, 0.3) is 0 Å². The molecule has 1 aromatic heterocycles. The molecule has 112 valence electrons. The van der Waals surface area contributed by atoms with Crippen molar-refractivity contribution in [1.82, 2.24) is 4.98 Å². The first-order valence-electron chi connectivity index (χ1n) is 6.63. The second kappa shape index (κ2) is 5.39. The summed E-state index contributed by atoms with van der Waals surface area (Å²) in [6.07, 6.45) is 1.86. The molecule has 1 fully saturated rings. The molecule has 4 nitrogen and oxygen atoms in total. The van der Waals surface area contributed by atoms with E-state index in [-0.39, 0.29) is 21.2 Å². The summed E-state index contributed by atoms with van der Waals surface area (Å²) >= 11 is 11.9. The van der Waals surface area contributed by atoms with Gasteiger partial charge in [0.05, 0.1) is 10.1 Å². The lowest BCUT2D eigenvalue weighted by atomic mass is 10.2. The molecule has 1 aliphatic rings. The third kappa shape index (κ3) is 2.75. The van der Waals surface area contributed by atoms with Crippen molar-refractivity contribution in [3.8, 4) is 0 Å². The van der Waals surface area contributed by atoms with Crippen LogP contribution in [0.25, 0.3) is 10.8 Å². The first kappa shape index (κ1) is 15.0. The van der Waals surface area contributed by atoms with E-state index in [2.05, 4.69) is 4.98 Å². The first-order valence-corrected chi connectivity index (χ1v) is 8.93. The van der Waals surface area contributed by atoms with Crippen molar-refractivity contribution in [1.29, 1.82) is 0 Å². The fraction of sp³-hybridized carbons (Fsp3) is 0.357. The average Bonchev–Trinajstić information content (AvgIpc) is 2.85. The largest absolute Gasteiger partial charge is 0.328 e. The number of halogens is 2. The minimum atomic E-state index is -3.39. The smallest absolute Gasteiger partial charge is 0.181 e. The predicted octanol–water partition coefficient (Wildman–Crippen LogP) is 3.20. The molecule has 1 heterocycles. The molecule has 0 amide bonds. The highest BCUT2D eigenvalue weighted by atomic mass is 35.5. The zero-order valence-electron chi connectivity index (χ0n) is 11.1. The molecule has 3 rings (SSSR count). The van der Waals surface area contributed by atoms with Crippen LogP contribution in [0.4, 0.5) is 0 Å². The molecule has 2 atom stereocenters. The van der Waals surface area contributed by atoms with Crippen molar-refractivity contribution in [2.45, 2.75) is 35.4 Å². The summed E-state index contributed by atoms with van der Waals surface area (Å²) in [7, 11) is -3.39. The number of hydrogen-bond acceptors (Lipinski definition) is 4. The van der Waals surface area contributed by atoms with Crippen molar-refractivity contribution >= 4 is 43.8 Å². The van der Waals surface area contributed by atoms with Crippen LogP contribution in [0.1, 0.15) is 19.3 Å². The molecule has 0 saturated heterocycles. The zero-order chi connectivity index (χ0) is 15.2. The lowest BCUT2D eigenvalue weighted by molar-refractivity contribution is 0.578. The molecule has 2 unspecified atom stereocenters. The molecule has 21 heavy (non-hydrogen) atoms. The van der Waals surface area contributed by atoms with E-state index in [4.69, 9.17) is 28.9 Å². The van der Waals surface area contributed by atoms with Gasteiger partial charge in [-0.15, -0.1) is 0 Å². The van der Waals surface area contributed by atoms with E-state index in [0.717, 1.165) is 11.8 Å². The van der Waals surface area contributed by atoms with E-state index < -0.39 is 15.1 Å². The Morgan fingerprint density at radius 2 is 1.95 bits per heavy atom. The molecule has 0 aliphatic heterocycles. The van der Waals surface area contributed by atoms with Gasteiger partial charge in [-0.25, -0.2) is 13.4 Å². The molecule has 1 aromatic carbocycles. The first-order chi connectivity index (χ1) is 9.88. The summed E-state index contributed by atoms with van der Waals surface area (Å²) in [6, 6.07) is 6.49. The van der Waals surface area contributed by atoms with Crippen LogP contribution in [-0.4, -0.2) is 24.7 Å². The highest BCUT2D eigenvalue weighted by Gasteiger charge is 2.34. The Labute approximate surface area is 133 Å². The highest BCUT2D eigenvalue weighted by molar-refractivity contribution is 7.92. The van der Waals surface area contributed by atoms with Crippen molar-refractivity contribution in [3.63, 3.8) is 0 Å². The average molecular weight is 345 g/mol. The fourth-order valence-corrected chi connectivity index (χ4v) is 5.15. The van der Waals surface area contributed by atoms with Crippen molar-refractivity contribution < 1.29 is 8.42 Å². The van der Waals surface area contributed by atoms with E-state index >= 15 is 0 Å². The standard InChI is InChI=1S/C14H14Cl2N2O2S/c15-13-5-8-1-3-11(7-12(8)14(16)18-13)21(19,20)10-4-2-9(17)6-10/h1,3,5,7,9-10H,2,4,6,17H2. The Morgan fingerprint density at radius 3 is 2.62 bits per heavy atom. The topological polar surface area (TPSA) is 73.1 Å². The number of nitrogens with zero attached hydrogens (tertiary/aromatic N) is 1. The number of aromatic nitrogens is 1. The van der Waals surface area contributed by atoms with Gasteiger partial charge < -0.3 is 5.73 Å². The minimum Gasteiger partial charge on any atom is -0.328 e. The van der Waals surface area contributed by atoms with Crippen LogP contribution in [0.5, 0.6) is 0 Å². The van der Waals surface area contributed by atoms with Crippen molar-refractivity contribution in [2.24, 2.45) is 5.73 Å². The Balaban J connectivity index is 2.09. The van der Waals surface area contributed by atoms with Gasteiger partial charge in [0.1, 0.15) is 10.3 Å². The van der Waals surface area contributed by atoms with Gasteiger partial charge in [-0.1, -0.05) is 29.3 Å². The normalized spacial score (nSPS) is 22.8. The zero-order valence-corrected chi connectivity index (χ0v) is 13.4. The Morgan fingerprint density at radius 1 is 1.19 bits per heavy atom. The number of nitrogens with two attached hydrogens (primary N) is 1. The monoisotopic (exact) mass is 344 g/mol. The summed E-state index contributed by atoms with van der Waals surface area (Å²) < 4.78 is 25.3. The molecule has 0 radical (unpaired) electrons. The number of hydrogen-bond donors (Lipinski definition) is 1. The summed E-state index contributed by atoms with van der Waals surface area (Å²) in [5, 5.41) is 1.43.